The molecule has 702 valence electrons. The van der Waals surface area contributed by atoms with Gasteiger partial charge in [-0.25, -0.2) is 0 Å². The number of nitrogens with two attached hydrogens (primary N) is 12. The molecule has 6 aromatic rings. The third-order valence-corrected chi connectivity index (χ3v) is 14.6. The van der Waals surface area contributed by atoms with Crippen molar-refractivity contribution in [2.45, 2.75) is 152 Å². The highest BCUT2D eigenvalue weighted by Gasteiger charge is 2.16. The second-order valence-corrected chi connectivity index (χ2v) is 25.7. The molecule has 0 heterocycles. The number of carboxylic acids is 12. The molecule has 0 spiro atoms. The van der Waals surface area contributed by atoms with Gasteiger partial charge in [0.15, 0.2) is 17.9 Å². The lowest BCUT2D eigenvalue weighted by Crippen LogP contribution is -2.34. The molecule has 0 unspecified atom stereocenters. The Bertz CT molecular complexity index is 3620. The Labute approximate surface area is 727 Å². The maximum Gasteiger partial charge on any atom is 0.320 e. The fourth-order valence-corrected chi connectivity index (χ4v) is 8.01. The van der Waals surface area contributed by atoms with Crippen LogP contribution in [0.2, 0.25) is 0 Å². The van der Waals surface area contributed by atoms with Crippen LogP contribution in [0.5, 0.6) is 17.2 Å². The molecule has 45 N–H and O–H groups in total. The minimum absolute atomic E-state index is 0.000278. The van der Waals surface area contributed by atoms with E-state index >= 15 is 0 Å². The molecule has 0 aliphatic rings. The number of hydrogen-bond donors (Lipinski definition) is 33. The van der Waals surface area contributed by atoms with Crippen LogP contribution in [-0.2, 0) is 96.1 Å². The first-order valence-corrected chi connectivity index (χ1v) is 38.1. The molecular weight excluding hydrogens is 1660 g/mol. The molecule has 6 atom stereocenters. The Hall–Kier alpha value is -14.2. The molecule has 126 heavy (non-hydrogen) atoms. The third-order valence-electron chi connectivity index (χ3n) is 14.6. The first-order valence-electron chi connectivity index (χ1n) is 38.1. The van der Waals surface area contributed by atoms with E-state index in [0.29, 0.717) is 74.8 Å². The highest BCUT2D eigenvalue weighted by Crippen LogP contribution is 2.12. The lowest BCUT2D eigenvalue weighted by molar-refractivity contribution is -0.141. The van der Waals surface area contributed by atoms with Crippen LogP contribution in [0.3, 0.4) is 0 Å². The predicted molar refractivity (Wildman–Crippen MR) is 468 cm³/mol. The van der Waals surface area contributed by atoms with Gasteiger partial charge in [0.1, 0.15) is 53.5 Å². The molecule has 0 fully saturated rings. The summed E-state index contributed by atoms with van der Waals surface area (Å²) >= 11 is 0. The highest BCUT2D eigenvalue weighted by molar-refractivity contribution is 5.78. The van der Waals surface area contributed by atoms with E-state index < -0.39 is 108 Å². The van der Waals surface area contributed by atoms with Crippen LogP contribution >= 0.6 is 0 Å². The maximum absolute atomic E-state index is 10.2. The van der Waals surface area contributed by atoms with Crippen molar-refractivity contribution >= 4 is 89.5 Å². The van der Waals surface area contributed by atoms with E-state index in [1.54, 1.807) is 36.4 Å². The summed E-state index contributed by atoms with van der Waals surface area (Å²) in [6.45, 7) is 3.67. The van der Waals surface area contributed by atoms with E-state index in [-0.39, 0.29) is 92.9 Å². The fraction of sp³-hybridized carbons (Fsp3) is 0.370. The van der Waals surface area contributed by atoms with E-state index in [1.165, 1.54) is 53.1 Å². The second-order valence-electron chi connectivity index (χ2n) is 25.7. The molecule has 6 aromatic carbocycles. The summed E-state index contributed by atoms with van der Waals surface area (Å²) in [5.41, 5.74) is 67.8. The molecule has 0 bridgehead atoms. The van der Waals surface area contributed by atoms with Crippen molar-refractivity contribution in [1.82, 2.24) is 16.0 Å². The van der Waals surface area contributed by atoms with Crippen LogP contribution in [0.15, 0.2) is 164 Å². The summed E-state index contributed by atoms with van der Waals surface area (Å²) in [7, 11) is 0. The summed E-state index contributed by atoms with van der Waals surface area (Å²) in [6, 6.07) is 43.5. The molecule has 0 saturated heterocycles. The second kappa shape index (κ2) is 79.3. The van der Waals surface area contributed by atoms with Gasteiger partial charge in [0, 0.05) is 38.9 Å². The molecule has 0 aliphatic heterocycles. The SMILES string of the molecule is N=C(N)NCCC[C@@H](N)C(=O)O.N=C(N)NCCC[C@H](N)C(=O)O.N=C(N)NCCC[C@H](N)C(=O)O.NCCc1ccccc1.NCCc1ccccc1.NCCc1ccccc1.N[C@@H](CCC(=O)O)C(=O)O.N[C@@H](CCC(=O)O)C(=O)O.N[C@H](CCC(=O)O)C(=O)O.O=C(O)Cc1ccc(O)cc1.O=C(O)Cc1ccc(O)cc1.O=C(O)Cc1ccc(O)cc1. The number of guanidine groups is 3. The molecule has 0 aromatic heterocycles. The van der Waals surface area contributed by atoms with Crippen molar-refractivity contribution < 1.29 is 134 Å². The summed E-state index contributed by atoms with van der Waals surface area (Å²) in [5, 5.41) is 154. The lowest BCUT2D eigenvalue weighted by atomic mass is 10.1. The van der Waals surface area contributed by atoms with Crippen LogP contribution in [0.1, 0.15) is 110 Å². The van der Waals surface area contributed by atoms with E-state index in [1.807, 2.05) is 54.6 Å². The van der Waals surface area contributed by atoms with E-state index in [2.05, 4.69) is 52.3 Å². The van der Waals surface area contributed by atoms with E-state index in [0.717, 1.165) is 38.9 Å². The van der Waals surface area contributed by atoms with Gasteiger partial charge in [0.2, 0.25) is 0 Å². The summed E-state index contributed by atoms with van der Waals surface area (Å²) < 4.78 is 0. The third kappa shape index (κ3) is 89.1. The van der Waals surface area contributed by atoms with Gasteiger partial charge >= 0.3 is 71.6 Å². The average molecular weight is 1780 g/mol. The Morgan fingerprint density at radius 2 is 0.437 bits per heavy atom. The van der Waals surface area contributed by atoms with Gasteiger partial charge in [-0.05, 0) is 166 Å². The summed E-state index contributed by atoms with van der Waals surface area (Å²) in [6.07, 6.45) is 5.21. The number of benzene rings is 6. The first-order chi connectivity index (χ1) is 59.1. The van der Waals surface area contributed by atoms with Crippen LogP contribution in [0.4, 0.5) is 0 Å². The summed E-state index contributed by atoms with van der Waals surface area (Å²) in [5.74, 6) is -12.1. The Kier molecular flexibility index (Phi) is 77.2. The van der Waals surface area contributed by atoms with Crippen molar-refractivity contribution in [3.05, 3.63) is 197 Å². The van der Waals surface area contributed by atoms with Gasteiger partial charge in [0.05, 0.1) is 19.3 Å². The number of hydrogen-bond acceptors (Lipinski definition) is 27. The number of phenolic OH excluding ortho intramolecular Hbond substituents is 3. The molecule has 0 radical (unpaired) electrons. The number of nitrogens with one attached hydrogen (secondary N) is 6. The number of carboxylic acid groups (broad SMARTS) is 12. The van der Waals surface area contributed by atoms with Crippen LogP contribution in [0.25, 0.3) is 0 Å². The quantitative estimate of drug-likeness (QED) is 0.0141. The van der Waals surface area contributed by atoms with Crippen molar-refractivity contribution in [3.63, 3.8) is 0 Å². The topological polar surface area (TPSA) is 928 Å². The van der Waals surface area contributed by atoms with Crippen LogP contribution in [0, 0.1) is 16.2 Å². The molecular formula is C81H126N18O27. The molecule has 45 heteroatoms. The number of aliphatic carboxylic acids is 12. The number of phenols is 3. The van der Waals surface area contributed by atoms with Crippen molar-refractivity contribution in [1.29, 1.82) is 16.2 Å². The molecule has 0 amide bonds. The minimum Gasteiger partial charge on any atom is -0.508 e. The zero-order valence-electron chi connectivity index (χ0n) is 69.6. The largest absolute Gasteiger partial charge is 0.508 e. The maximum atomic E-state index is 10.2. The predicted octanol–water partition coefficient (Wildman–Crippen LogP) is 0.395. The van der Waals surface area contributed by atoms with E-state index in [9.17, 15) is 57.5 Å². The molecule has 45 nitrogen and oxygen atoms in total. The lowest BCUT2D eigenvalue weighted by Gasteiger charge is -2.06. The Balaban J connectivity index is -0.000000312. The standard InChI is InChI=1S/3C8H11N.3C8H8O3.3C6H14N4O2.3C5H9NO4/c3*9-7-6-8-4-2-1-3-5-8;3*9-7-3-1-6(2-4-7)5-8(10)11;3*7-4(5(11)12)2-1-3-10-6(8)9;3*6-3(5(9)10)1-2-4(7)8/h3*1-5H,6-7,9H2;3*1-4,9H,5H2,(H,10,11);3*4H,1-3,7H2,(H,11,12)(H4,8,9,10);3*3H,1-2,6H2,(H,7,8)(H,9,10)/t;;;;;;3*4-;3*3-/m......100100/s1. The van der Waals surface area contributed by atoms with Crippen LogP contribution in [-0.4, -0.2) is 242 Å². The van der Waals surface area contributed by atoms with Crippen molar-refractivity contribution in [2.75, 3.05) is 39.3 Å². The normalized spacial score (nSPS) is 10.9. The first kappa shape index (κ1) is 123. The Morgan fingerprint density at radius 1 is 0.262 bits per heavy atom. The summed E-state index contributed by atoms with van der Waals surface area (Å²) in [4.78, 5) is 121. The van der Waals surface area contributed by atoms with Crippen molar-refractivity contribution in [3.8, 4) is 17.2 Å². The van der Waals surface area contributed by atoms with Gasteiger partial charge in [-0.2, -0.15) is 0 Å². The zero-order chi connectivity index (χ0) is 97.5. The number of rotatable bonds is 39. The smallest absolute Gasteiger partial charge is 0.320 e. The van der Waals surface area contributed by atoms with Crippen molar-refractivity contribution in [2.24, 2.45) is 68.8 Å². The van der Waals surface area contributed by atoms with Crippen LogP contribution < -0.4 is 84.8 Å². The van der Waals surface area contributed by atoms with E-state index in [4.69, 9.17) is 162 Å². The number of aromatic hydroxyl groups is 3. The van der Waals surface area contributed by atoms with Gasteiger partial charge in [-0.1, -0.05) is 127 Å². The molecule has 0 saturated carbocycles. The van der Waals surface area contributed by atoms with Gasteiger partial charge in [-0.15, -0.1) is 0 Å². The molecule has 0 aliphatic carbocycles. The fourth-order valence-electron chi connectivity index (χ4n) is 8.01. The number of carbonyl (C=O) groups is 12. The monoisotopic (exact) mass is 1780 g/mol. The zero-order valence-corrected chi connectivity index (χ0v) is 69.6. The highest BCUT2D eigenvalue weighted by atomic mass is 16.4. The molecule has 6 rings (SSSR count). The Morgan fingerprint density at radius 3 is 0.579 bits per heavy atom. The average Bonchev–Trinajstić information content (AvgIpc) is 0.919. The van der Waals surface area contributed by atoms with Gasteiger partial charge in [0.25, 0.3) is 0 Å². The van der Waals surface area contributed by atoms with Gasteiger partial charge < -0.3 is 161 Å². The van der Waals surface area contributed by atoms with Gasteiger partial charge in [-0.3, -0.25) is 73.8 Å². The minimum atomic E-state index is -1.17.